The summed E-state index contributed by atoms with van der Waals surface area (Å²) in [5.41, 5.74) is 10.5. The van der Waals surface area contributed by atoms with E-state index in [1.165, 1.54) is 12.1 Å². The summed E-state index contributed by atoms with van der Waals surface area (Å²) >= 11 is 0. The molecule has 0 saturated heterocycles. The number of nitrogens with two attached hydrogens (primary N) is 1. The lowest BCUT2D eigenvalue weighted by Gasteiger charge is -2.06. The highest BCUT2D eigenvalue weighted by Gasteiger charge is 2.12. The highest BCUT2D eigenvalue weighted by atomic mass is 19.1. The van der Waals surface area contributed by atoms with Gasteiger partial charge in [-0.15, -0.1) is 0 Å². The van der Waals surface area contributed by atoms with Crippen LogP contribution >= 0.6 is 0 Å². The molecule has 3 rings (SSSR count). The summed E-state index contributed by atoms with van der Waals surface area (Å²) in [6.07, 6.45) is 0. The molecule has 0 fully saturated rings. The molecule has 0 spiro atoms. The third-order valence-corrected chi connectivity index (χ3v) is 3.61. The molecule has 0 radical (unpaired) electrons. The molecule has 0 aliphatic carbocycles. The van der Waals surface area contributed by atoms with Crippen molar-refractivity contribution in [2.45, 2.75) is 13.5 Å². The van der Waals surface area contributed by atoms with E-state index in [1.54, 1.807) is 6.07 Å². The molecule has 3 nitrogen and oxygen atoms in total. The van der Waals surface area contributed by atoms with E-state index in [4.69, 9.17) is 5.73 Å². The van der Waals surface area contributed by atoms with E-state index in [9.17, 15) is 4.39 Å². The van der Waals surface area contributed by atoms with Gasteiger partial charge in [0.25, 0.3) is 0 Å². The second kappa shape index (κ2) is 4.72. The van der Waals surface area contributed by atoms with Crippen molar-refractivity contribution in [2.75, 3.05) is 0 Å². The lowest BCUT2D eigenvalue weighted by molar-refractivity contribution is 0.627. The van der Waals surface area contributed by atoms with E-state index < -0.39 is 0 Å². The Morgan fingerprint density at radius 2 is 2.00 bits per heavy atom. The van der Waals surface area contributed by atoms with Crippen molar-refractivity contribution in [3.63, 3.8) is 0 Å². The van der Waals surface area contributed by atoms with Crippen molar-refractivity contribution in [3.8, 4) is 11.4 Å². The number of nitrogens with zero attached hydrogens (tertiary/aromatic N) is 2. The fourth-order valence-electron chi connectivity index (χ4n) is 2.49. The van der Waals surface area contributed by atoms with Crippen molar-refractivity contribution in [2.24, 2.45) is 12.8 Å². The van der Waals surface area contributed by atoms with Crippen molar-refractivity contribution in [1.29, 1.82) is 0 Å². The molecule has 102 valence electrons. The van der Waals surface area contributed by atoms with Crippen molar-refractivity contribution in [1.82, 2.24) is 9.55 Å². The lowest BCUT2D eigenvalue weighted by Crippen LogP contribution is -1.96. The minimum absolute atomic E-state index is 0.226. The van der Waals surface area contributed by atoms with Crippen LogP contribution in [0.1, 0.15) is 11.1 Å². The van der Waals surface area contributed by atoms with Gasteiger partial charge in [0.05, 0.1) is 11.0 Å². The van der Waals surface area contributed by atoms with Crippen LogP contribution in [-0.2, 0) is 13.6 Å². The van der Waals surface area contributed by atoms with Gasteiger partial charge in [0.2, 0.25) is 0 Å². The molecule has 0 atom stereocenters. The Morgan fingerprint density at radius 1 is 1.20 bits per heavy atom. The van der Waals surface area contributed by atoms with Crippen LogP contribution in [-0.4, -0.2) is 9.55 Å². The van der Waals surface area contributed by atoms with Crippen molar-refractivity contribution in [3.05, 3.63) is 53.3 Å². The van der Waals surface area contributed by atoms with Crippen LogP contribution in [0.3, 0.4) is 0 Å². The van der Waals surface area contributed by atoms with Crippen LogP contribution < -0.4 is 5.73 Å². The molecule has 20 heavy (non-hydrogen) atoms. The smallest absolute Gasteiger partial charge is 0.141 e. The lowest BCUT2D eigenvalue weighted by atomic mass is 10.1. The van der Waals surface area contributed by atoms with Crippen LogP contribution in [0.4, 0.5) is 4.39 Å². The molecule has 2 N–H and O–H groups in total. The number of aromatic nitrogens is 2. The SMILES string of the molecule is Cc1cc(F)ccc1-c1nc2cc(CN)ccc2n1C. The minimum atomic E-state index is -0.226. The normalized spacial score (nSPS) is 11.2. The molecule has 0 aliphatic heterocycles. The molecular formula is C16H16FN3. The third-order valence-electron chi connectivity index (χ3n) is 3.61. The first-order chi connectivity index (χ1) is 9.60. The van der Waals surface area contributed by atoms with E-state index in [-0.39, 0.29) is 5.82 Å². The summed E-state index contributed by atoms with van der Waals surface area (Å²) in [7, 11) is 1.97. The first-order valence-corrected chi connectivity index (χ1v) is 6.52. The number of benzene rings is 2. The predicted molar refractivity (Wildman–Crippen MR) is 78.7 cm³/mol. The number of hydrogen-bond donors (Lipinski definition) is 1. The van der Waals surface area contributed by atoms with Crippen LogP contribution in [0.2, 0.25) is 0 Å². The van der Waals surface area contributed by atoms with Gasteiger partial charge >= 0.3 is 0 Å². The van der Waals surface area contributed by atoms with Gasteiger partial charge in [-0.1, -0.05) is 6.07 Å². The van der Waals surface area contributed by atoms with Crippen LogP contribution in [0.15, 0.2) is 36.4 Å². The molecular weight excluding hydrogens is 253 g/mol. The van der Waals surface area contributed by atoms with Crippen molar-refractivity contribution < 1.29 is 4.39 Å². The standard InChI is InChI=1S/C16H16FN3/c1-10-7-12(17)4-5-13(10)16-19-14-8-11(9-18)3-6-15(14)20(16)2/h3-8H,9,18H2,1-2H3. The molecule has 2 aromatic carbocycles. The molecule has 1 heterocycles. The van der Waals surface area contributed by atoms with E-state index in [1.807, 2.05) is 36.7 Å². The van der Waals surface area contributed by atoms with Gasteiger partial charge in [0.15, 0.2) is 0 Å². The zero-order valence-corrected chi connectivity index (χ0v) is 11.5. The predicted octanol–water partition coefficient (Wildman–Crippen LogP) is 3.15. The van der Waals surface area contributed by atoms with Gasteiger partial charge in [0.1, 0.15) is 11.6 Å². The molecule has 0 aliphatic rings. The number of imidazole rings is 1. The minimum Gasteiger partial charge on any atom is -0.327 e. The average Bonchev–Trinajstić information content (AvgIpc) is 2.75. The van der Waals surface area contributed by atoms with Crippen LogP contribution in [0.25, 0.3) is 22.4 Å². The summed E-state index contributed by atoms with van der Waals surface area (Å²) < 4.78 is 15.2. The Hall–Kier alpha value is -2.20. The van der Waals surface area contributed by atoms with E-state index in [0.717, 1.165) is 33.5 Å². The number of aryl methyl sites for hydroxylation is 2. The fourth-order valence-corrected chi connectivity index (χ4v) is 2.49. The van der Waals surface area contributed by atoms with Crippen LogP contribution in [0, 0.1) is 12.7 Å². The molecule has 4 heteroatoms. The zero-order chi connectivity index (χ0) is 14.3. The summed E-state index contributed by atoms with van der Waals surface area (Å²) in [4.78, 5) is 4.67. The average molecular weight is 269 g/mol. The first-order valence-electron chi connectivity index (χ1n) is 6.52. The number of hydrogen-bond acceptors (Lipinski definition) is 2. The molecule has 3 aromatic rings. The summed E-state index contributed by atoms with van der Waals surface area (Å²) in [6.45, 7) is 2.39. The number of fused-ring (bicyclic) bond motifs is 1. The molecule has 1 aromatic heterocycles. The topological polar surface area (TPSA) is 43.8 Å². The third kappa shape index (κ3) is 1.98. The molecule has 0 unspecified atom stereocenters. The van der Waals surface area contributed by atoms with E-state index in [0.29, 0.717) is 6.54 Å². The van der Waals surface area contributed by atoms with Gasteiger partial charge in [-0.3, -0.25) is 0 Å². The number of rotatable bonds is 2. The van der Waals surface area contributed by atoms with Gasteiger partial charge in [0, 0.05) is 19.2 Å². The first kappa shape index (κ1) is 12.8. The maximum absolute atomic E-state index is 13.2. The Bertz CT molecular complexity index is 790. The van der Waals surface area contributed by atoms with E-state index >= 15 is 0 Å². The van der Waals surface area contributed by atoms with Gasteiger partial charge in [-0.05, 0) is 48.4 Å². The fraction of sp³-hybridized carbons (Fsp3) is 0.188. The highest BCUT2D eigenvalue weighted by molar-refractivity contribution is 5.81. The van der Waals surface area contributed by atoms with Crippen molar-refractivity contribution >= 4 is 11.0 Å². The van der Waals surface area contributed by atoms with Gasteiger partial charge < -0.3 is 10.3 Å². The maximum Gasteiger partial charge on any atom is 0.141 e. The van der Waals surface area contributed by atoms with Crippen LogP contribution in [0.5, 0.6) is 0 Å². The number of halogens is 1. The van der Waals surface area contributed by atoms with Gasteiger partial charge in [-0.2, -0.15) is 0 Å². The molecule has 0 saturated carbocycles. The van der Waals surface area contributed by atoms with Gasteiger partial charge in [-0.25, -0.2) is 9.37 Å². The summed E-state index contributed by atoms with van der Waals surface area (Å²) in [5, 5.41) is 0. The highest BCUT2D eigenvalue weighted by Crippen LogP contribution is 2.27. The largest absolute Gasteiger partial charge is 0.327 e. The monoisotopic (exact) mass is 269 g/mol. The second-order valence-corrected chi connectivity index (χ2v) is 4.98. The Morgan fingerprint density at radius 3 is 2.70 bits per heavy atom. The Kier molecular flexibility index (Phi) is 3.03. The Labute approximate surface area is 116 Å². The van der Waals surface area contributed by atoms with E-state index in [2.05, 4.69) is 4.98 Å². The quantitative estimate of drug-likeness (QED) is 0.776. The maximum atomic E-state index is 13.2. The second-order valence-electron chi connectivity index (χ2n) is 4.98. The zero-order valence-electron chi connectivity index (χ0n) is 11.5. The Balaban J connectivity index is 2.23. The summed E-state index contributed by atoms with van der Waals surface area (Å²) in [5.74, 6) is 0.613. The summed E-state index contributed by atoms with van der Waals surface area (Å²) in [6, 6.07) is 10.8. The molecule has 0 bridgehead atoms. The molecule has 0 amide bonds.